The van der Waals surface area contributed by atoms with Crippen molar-refractivity contribution in [2.24, 2.45) is 0 Å². The van der Waals surface area contributed by atoms with Crippen LogP contribution in [0.2, 0.25) is 0 Å². The first-order valence-corrected chi connectivity index (χ1v) is 7.92. The summed E-state index contributed by atoms with van der Waals surface area (Å²) >= 11 is 3.13. The number of allylic oxidation sites excluding steroid dienone is 1. The van der Waals surface area contributed by atoms with Gasteiger partial charge >= 0.3 is 0 Å². The molecule has 1 aromatic rings. The number of hydrogen-bond donors (Lipinski definition) is 2. The van der Waals surface area contributed by atoms with E-state index < -0.39 is 17.6 Å². The number of rotatable bonds is 6. The second kappa shape index (κ2) is 8.84. The third-order valence-electron chi connectivity index (χ3n) is 3.08. The number of amides is 2. The monoisotopic (exact) mass is 393 g/mol. The summed E-state index contributed by atoms with van der Waals surface area (Å²) in [6.07, 6.45) is 1.06. The third-order valence-corrected chi connectivity index (χ3v) is 3.64. The quantitative estimate of drug-likeness (QED) is 0.330. The van der Waals surface area contributed by atoms with Gasteiger partial charge in [-0.2, -0.15) is 5.26 Å². The normalized spacial score (nSPS) is 10.5. The van der Waals surface area contributed by atoms with Crippen LogP contribution < -0.4 is 10.6 Å². The van der Waals surface area contributed by atoms with E-state index in [1.807, 2.05) is 6.07 Å². The van der Waals surface area contributed by atoms with E-state index >= 15 is 0 Å². The van der Waals surface area contributed by atoms with Crippen molar-refractivity contribution >= 4 is 39.2 Å². The maximum absolute atomic E-state index is 12.1. The first-order valence-electron chi connectivity index (χ1n) is 6.80. The van der Waals surface area contributed by atoms with E-state index in [1.165, 1.54) is 26.3 Å². The molecule has 0 saturated carbocycles. The highest BCUT2D eigenvalue weighted by Crippen LogP contribution is 2.23. The predicted octanol–water partition coefficient (Wildman–Crippen LogP) is 1.66. The van der Waals surface area contributed by atoms with Crippen molar-refractivity contribution in [2.75, 3.05) is 24.8 Å². The third kappa shape index (κ3) is 4.67. The molecule has 0 fully saturated rings. The lowest BCUT2D eigenvalue weighted by Gasteiger charge is -2.13. The summed E-state index contributed by atoms with van der Waals surface area (Å²) in [7, 11) is 2.81. The van der Waals surface area contributed by atoms with Gasteiger partial charge in [-0.05, 0) is 24.6 Å². The molecule has 0 atom stereocenters. The molecule has 24 heavy (non-hydrogen) atoms. The molecule has 0 aliphatic carbocycles. The zero-order valence-electron chi connectivity index (χ0n) is 13.4. The number of methoxy groups -OCH3 is 1. The van der Waals surface area contributed by atoms with Crippen LogP contribution in [0.25, 0.3) is 0 Å². The number of anilines is 1. The summed E-state index contributed by atoms with van der Waals surface area (Å²) in [5.74, 6) is -1.92. The van der Waals surface area contributed by atoms with Crippen molar-refractivity contribution in [3.05, 3.63) is 40.7 Å². The molecular weight excluding hydrogens is 378 g/mol. The molecule has 1 rings (SSSR count). The molecule has 8 heteroatoms. The van der Waals surface area contributed by atoms with E-state index in [0.29, 0.717) is 11.3 Å². The Balaban J connectivity index is 3.21. The number of nitriles is 1. The average Bonchev–Trinajstić information content (AvgIpc) is 2.59. The summed E-state index contributed by atoms with van der Waals surface area (Å²) in [4.78, 5) is 36.0. The second-order valence-electron chi connectivity index (χ2n) is 4.67. The van der Waals surface area contributed by atoms with Gasteiger partial charge in [0.2, 0.25) is 5.78 Å². The summed E-state index contributed by atoms with van der Waals surface area (Å²) < 4.78 is 4.92. The molecule has 0 saturated heterocycles. The van der Waals surface area contributed by atoms with Crippen molar-refractivity contribution < 1.29 is 19.1 Å². The fourth-order valence-electron chi connectivity index (χ4n) is 1.87. The van der Waals surface area contributed by atoms with Gasteiger partial charge in [0, 0.05) is 13.1 Å². The molecular formula is C16H16BrN3O4. The van der Waals surface area contributed by atoms with Crippen molar-refractivity contribution in [2.45, 2.75) is 6.92 Å². The van der Waals surface area contributed by atoms with Crippen LogP contribution in [0.4, 0.5) is 5.69 Å². The minimum Gasteiger partial charge on any atom is -0.500 e. The SMILES string of the molecule is CNC(=O)c1cc(C#N)cc(C)c1NC(=O)C(=O)C=C(CBr)OC. The fourth-order valence-corrected chi connectivity index (χ4v) is 2.26. The van der Waals surface area contributed by atoms with E-state index in [1.54, 1.807) is 6.92 Å². The number of hydrogen-bond acceptors (Lipinski definition) is 5. The van der Waals surface area contributed by atoms with E-state index in [0.717, 1.165) is 6.08 Å². The number of nitrogens with one attached hydrogen (secondary N) is 2. The van der Waals surface area contributed by atoms with Gasteiger partial charge in [-0.1, -0.05) is 15.9 Å². The van der Waals surface area contributed by atoms with Gasteiger partial charge in [-0.15, -0.1) is 0 Å². The molecule has 0 aliphatic rings. The number of ketones is 1. The lowest BCUT2D eigenvalue weighted by molar-refractivity contribution is -0.132. The highest BCUT2D eigenvalue weighted by atomic mass is 79.9. The summed E-state index contributed by atoms with van der Waals surface area (Å²) in [6.45, 7) is 1.63. The minimum absolute atomic E-state index is 0.103. The predicted molar refractivity (Wildman–Crippen MR) is 91.8 cm³/mol. The van der Waals surface area contributed by atoms with Gasteiger partial charge in [-0.3, -0.25) is 14.4 Å². The summed E-state index contributed by atoms with van der Waals surface area (Å²) in [5.41, 5.74) is 1.05. The Labute approximate surface area is 147 Å². The number of nitrogens with zero attached hydrogens (tertiary/aromatic N) is 1. The topological polar surface area (TPSA) is 108 Å². The van der Waals surface area contributed by atoms with Crippen LogP contribution >= 0.6 is 15.9 Å². The molecule has 0 unspecified atom stereocenters. The van der Waals surface area contributed by atoms with E-state index in [-0.39, 0.29) is 22.1 Å². The molecule has 2 N–H and O–H groups in total. The summed E-state index contributed by atoms with van der Waals surface area (Å²) in [6, 6.07) is 4.80. The van der Waals surface area contributed by atoms with Gasteiger partial charge in [0.1, 0.15) is 5.76 Å². The number of carbonyl (C=O) groups is 3. The van der Waals surface area contributed by atoms with E-state index in [4.69, 9.17) is 10.00 Å². The zero-order valence-corrected chi connectivity index (χ0v) is 15.0. The number of halogens is 1. The Morgan fingerprint density at radius 1 is 1.38 bits per heavy atom. The first kappa shape index (κ1) is 19.4. The van der Waals surface area contributed by atoms with Crippen LogP contribution in [0.3, 0.4) is 0 Å². The second-order valence-corrected chi connectivity index (χ2v) is 5.23. The van der Waals surface area contributed by atoms with Gasteiger partial charge in [0.05, 0.1) is 35.3 Å². The molecule has 7 nitrogen and oxygen atoms in total. The van der Waals surface area contributed by atoms with Crippen molar-refractivity contribution in [3.8, 4) is 6.07 Å². The Morgan fingerprint density at radius 2 is 2.04 bits per heavy atom. The Kier molecular flexibility index (Phi) is 7.14. The van der Waals surface area contributed by atoms with Crippen molar-refractivity contribution in [1.82, 2.24) is 5.32 Å². The maximum atomic E-state index is 12.1. The first-order chi connectivity index (χ1) is 11.4. The van der Waals surface area contributed by atoms with Crippen molar-refractivity contribution in [3.63, 3.8) is 0 Å². The number of aryl methyl sites for hydroxylation is 1. The largest absolute Gasteiger partial charge is 0.500 e. The van der Waals surface area contributed by atoms with Gasteiger partial charge in [0.25, 0.3) is 11.8 Å². The number of alkyl halides is 1. The van der Waals surface area contributed by atoms with Gasteiger partial charge < -0.3 is 15.4 Å². The molecule has 0 aliphatic heterocycles. The standard InChI is InChI=1S/C16H16BrN3O4/c1-9-4-10(8-18)5-12(15(22)19-2)14(9)20-16(23)13(21)6-11(7-17)24-3/h4-6H,7H2,1-3H3,(H,19,22)(H,20,23). The molecule has 0 aromatic heterocycles. The van der Waals surface area contributed by atoms with Crippen molar-refractivity contribution in [1.29, 1.82) is 5.26 Å². The molecule has 0 heterocycles. The molecule has 0 spiro atoms. The lowest BCUT2D eigenvalue weighted by atomic mass is 10.0. The smallest absolute Gasteiger partial charge is 0.296 e. The van der Waals surface area contributed by atoms with Gasteiger partial charge in [0.15, 0.2) is 0 Å². The van der Waals surface area contributed by atoms with E-state index in [2.05, 4.69) is 26.6 Å². The van der Waals surface area contributed by atoms with Crippen LogP contribution in [-0.4, -0.2) is 37.1 Å². The Bertz CT molecular complexity index is 744. The molecule has 0 bridgehead atoms. The molecule has 126 valence electrons. The number of ether oxygens (including phenoxy) is 1. The highest BCUT2D eigenvalue weighted by molar-refractivity contribution is 9.09. The van der Waals surface area contributed by atoms with Crippen LogP contribution in [0.1, 0.15) is 21.5 Å². The Hall–Kier alpha value is -2.66. The zero-order chi connectivity index (χ0) is 18.3. The maximum Gasteiger partial charge on any atom is 0.296 e. The average molecular weight is 394 g/mol. The lowest BCUT2D eigenvalue weighted by Crippen LogP contribution is -2.26. The molecule has 0 radical (unpaired) electrons. The van der Waals surface area contributed by atoms with E-state index in [9.17, 15) is 14.4 Å². The van der Waals surface area contributed by atoms with Crippen LogP contribution in [0.5, 0.6) is 0 Å². The summed E-state index contributed by atoms with van der Waals surface area (Å²) in [5, 5.41) is 14.1. The minimum atomic E-state index is -0.913. The van der Waals surface area contributed by atoms with Crippen LogP contribution in [0.15, 0.2) is 24.0 Å². The van der Waals surface area contributed by atoms with Crippen LogP contribution in [0, 0.1) is 18.3 Å². The Morgan fingerprint density at radius 3 is 2.54 bits per heavy atom. The molecule has 2 amide bonds. The fraction of sp³-hybridized carbons (Fsp3) is 0.250. The van der Waals surface area contributed by atoms with Crippen LogP contribution in [-0.2, 0) is 14.3 Å². The number of benzene rings is 1. The molecule has 1 aromatic carbocycles. The highest BCUT2D eigenvalue weighted by Gasteiger charge is 2.19. The van der Waals surface area contributed by atoms with Gasteiger partial charge in [-0.25, -0.2) is 0 Å². The number of carbonyl (C=O) groups excluding carboxylic acids is 3.